The van der Waals surface area contributed by atoms with Gasteiger partial charge in [0.05, 0.1) is 0 Å². The third-order valence-corrected chi connectivity index (χ3v) is 4.01. The van der Waals surface area contributed by atoms with Crippen LogP contribution in [0.1, 0.15) is 63.6 Å². The smallest absolute Gasteiger partial charge is 0.00729 e. The first kappa shape index (κ1) is 15.8. The molecule has 0 spiro atoms. The fourth-order valence-corrected chi connectivity index (χ4v) is 2.75. The van der Waals surface area contributed by atoms with Crippen LogP contribution in [0.2, 0.25) is 0 Å². The van der Waals surface area contributed by atoms with Crippen LogP contribution >= 0.6 is 0 Å². The molecule has 1 unspecified atom stereocenters. The molecule has 0 aliphatic carbocycles. The molecular formula is C18H29N. The third kappa shape index (κ3) is 3.86. The van der Waals surface area contributed by atoms with E-state index >= 15 is 0 Å². The normalized spacial score (nSPS) is 14.5. The van der Waals surface area contributed by atoms with Gasteiger partial charge in [0.25, 0.3) is 0 Å². The van der Waals surface area contributed by atoms with Gasteiger partial charge in [-0.15, -0.1) is 0 Å². The molecule has 1 nitrogen and oxygen atoms in total. The Morgan fingerprint density at radius 2 is 1.84 bits per heavy atom. The van der Waals surface area contributed by atoms with Crippen LogP contribution in [0.5, 0.6) is 0 Å². The van der Waals surface area contributed by atoms with Crippen LogP contribution in [-0.2, 0) is 6.42 Å². The molecule has 0 bridgehead atoms. The molecule has 0 aliphatic heterocycles. The van der Waals surface area contributed by atoms with Crippen LogP contribution < -0.4 is 5.73 Å². The van der Waals surface area contributed by atoms with E-state index in [-0.39, 0.29) is 0 Å². The summed E-state index contributed by atoms with van der Waals surface area (Å²) in [4.78, 5) is 0. The molecule has 1 aromatic rings. The van der Waals surface area contributed by atoms with E-state index in [1.165, 1.54) is 22.3 Å². The van der Waals surface area contributed by atoms with Gasteiger partial charge >= 0.3 is 0 Å². The first-order valence-corrected chi connectivity index (χ1v) is 7.41. The number of aryl methyl sites for hydroxylation is 1. The zero-order chi connectivity index (χ0) is 14.6. The summed E-state index contributed by atoms with van der Waals surface area (Å²) in [5.74, 6) is 1.09. The van der Waals surface area contributed by atoms with Crippen molar-refractivity contribution in [2.75, 3.05) is 0 Å². The van der Waals surface area contributed by atoms with Crippen molar-refractivity contribution in [3.63, 3.8) is 0 Å². The summed E-state index contributed by atoms with van der Waals surface area (Å²) in [6.45, 7) is 13.3. The van der Waals surface area contributed by atoms with E-state index in [2.05, 4.69) is 59.7 Å². The molecule has 0 saturated heterocycles. The number of hydrogen-bond acceptors (Lipinski definition) is 1. The summed E-state index contributed by atoms with van der Waals surface area (Å²) in [6.07, 6.45) is 2.07. The van der Waals surface area contributed by atoms with Crippen molar-refractivity contribution in [2.24, 2.45) is 11.7 Å². The van der Waals surface area contributed by atoms with Crippen molar-refractivity contribution in [1.82, 2.24) is 0 Å². The van der Waals surface area contributed by atoms with E-state index in [1.807, 2.05) is 0 Å². The van der Waals surface area contributed by atoms with E-state index < -0.39 is 0 Å². The summed E-state index contributed by atoms with van der Waals surface area (Å²) in [5.41, 5.74) is 12.8. The van der Waals surface area contributed by atoms with Crippen molar-refractivity contribution in [3.05, 3.63) is 46.2 Å². The summed E-state index contributed by atoms with van der Waals surface area (Å²) >= 11 is 0. The summed E-state index contributed by atoms with van der Waals surface area (Å²) in [6, 6.07) is 6.66. The lowest BCUT2D eigenvalue weighted by Gasteiger charge is -2.22. The molecule has 1 rings (SSSR count). The fraction of sp³-hybridized carbons (Fsp3) is 0.556. The maximum absolute atomic E-state index is 6.14. The molecule has 0 amide bonds. The zero-order valence-electron chi connectivity index (χ0n) is 13.4. The first-order valence-electron chi connectivity index (χ1n) is 7.41. The highest BCUT2D eigenvalue weighted by Gasteiger charge is 2.16. The maximum atomic E-state index is 6.14. The molecule has 0 aromatic heterocycles. The minimum absolute atomic E-state index is 0.412. The van der Waals surface area contributed by atoms with Crippen molar-refractivity contribution in [2.45, 2.75) is 60.3 Å². The predicted octanol–water partition coefficient (Wildman–Crippen LogP) is 4.94. The molecule has 0 aliphatic rings. The average molecular weight is 259 g/mol. The van der Waals surface area contributed by atoms with E-state index in [0.29, 0.717) is 11.8 Å². The van der Waals surface area contributed by atoms with Crippen LogP contribution in [0.15, 0.2) is 29.5 Å². The molecule has 0 radical (unpaired) electrons. The highest BCUT2D eigenvalue weighted by atomic mass is 14.6. The maximum Gasteiger partial charge on any atom is 0.00729 e. The van der Waals surface area contributed by atoms with Gasteiger partial charge in [-0.25, -0.2) is 0 Å². The minimum atomic E-state index is 0.412. The van der Waals surface area contributed by atoms with E-state index in [4.69, 9.17) is 5.73 Å². The van der Waals surface area contributed by atoms with E-state index in [0.717, 1.165) is 18.5 Å². The van der Waals surface area contributed by atoms with Gasteiger partial charge in [0.1, 0.15) is 0 Å². The lowest BCUT2D eigenvalue weighted by atomic mass is 9.83. The minimum Gasteiger partial charge on any atom is -0.402 e. The topological polar surface area (TPSA) is 26.0 Å². The highest BCUT2D eigenvalue weighted by molar-refractivity contribution is 5.41. The standard InChI is InChI=1S/C18H29N/c1-7-17(19)14(5)15(6)18-13(4)9-8-10-16(18)11-12(2)3/h8-10,12,15H,7,11,19H2,1-6H3/b17-14-. The molecule has 0 fully saturated rings. The molecular weight excluding hydrogens is 230 g/mol. The molecule has 1 heteroatoms. The second-order valence-electron chi connectivity index (χ2n) is 6.03. The summed E-state index contributed by atoms with van der Waals surface area (Å²) in [5, 5.41) is 0. The lowest BCUT2D eigenvalue weighted by molar-refractivity contribution is 0.638. The van der Waals surface area contributed by atoms with E-state index in [1.54, 1.807) is 0 Å². The van der Waals surface area contributed by atoms with Gasteiger partial charge in [-0.3, -0.25) is 0 Å². The number of benzene rings is 1. The van der Waals surface area contributed by atoms with Gasteiger partial charge in [-0.1, -0.05) is 45.9 Å². The van der Waals surface area contributed by atoms with Gasteiger partial charge in [0, 0.05) is 11.6 Å². The van der Waals surface area contributed by atoms with Gasteiger partial charge in [-0.2, -0.15) is 0 Å². The largest absolute Gasteiger partial charge is 0.402 e. The Hall–Kier alpha value is -1.24. The second-order valence-corrected chi connectivity index (χ2v) is 6.03. The molecule has 1 aromatic carbocycles. The van der Waals surface area contributed by atoms with Crippen molar-refractivity contribution < 1.29 is 0 Å². The van der Waals surface area contributed by atoms with Crippen LogP contribution in [0, 0.1) is 12.8 Å². The third-order valence-electron chi connectivity index (χ3n) is 4.01. The molecule has 2 N–H and O–H groups in total. The van der Waals surface area contributed by atoms with Crippen LogP contribution in [0.3, 0.4) is 0 Å². The Morgan fingerprint density at radius 1 is 1.21 bits per heavy atom. The van der Waals surface area contributed by atoms with Crippen molar-refractivity contribution >= 4 is 0 Å². The number of rotatable bonds is 5. The Labute approximate surface area is 118 Å². The number of allylic oxidation sites excluding steroid dienone is 2. The number of hydrogen-bond donors (Lipinski definition) is 1. The van der Waals surface area contributed by atoms with Crippen molar-refractivity contribution in [1.29, 1.82) is 0 Å². The Bertz CT molecular complexity index is 455. The Morgan fingerprint density at radius 3 is 2.37 bits per heavy atom. The zero-order valence-corrected chi connectivity index (χ0v) is 13.4. The van der Waals surface area contributed by atoms with E-state index in [9.17, 15) is 0 Å². The van der Waals surface area contributed by atoms with Crippen LogP contribution in [0.4, 0.5) is 0 Å². The molecule has 106 valence electrons. The summed E-state index contributed by atoms with van der Waals surface area (Å²) < 4.78 is 0. The monoisotopic (exact) mass is 259 g/mol. The molecule has 19 heavy (non-hydrogen) atoms. The molecule has 0 saturated carbocycles. The second kappa shape index (κ2) is 6.79. The first-order chi connectivity index (χ1) is 8.88. The summed E-state index contributed by atoms with van der Waals surface area (Å²) in [7, 11) is 0. The predicted molar refractivity (Wildman–Crippen MR) is 85.3 cm³/mol. The lowest BCUT2D eigenvalue weighted by Crippen LogP contribution is -2.10. The van der Waals surface area contributed by atoms with Gasteiger partial charge < -0.3 is 5.73 Å². The SMILES string of the molecule is CC/C(N)=C(\C)C(C)c1c(C)cccc1CC(C)C. The average Bonchev–Trinajstić information content (AvgIpc) is 2.35. The Balaban J connectivity index is 3.25. The van der Waals surface area contributed by atoms with Gasteiger partial charge in [0.15, 0.2) is 0 Å². The van der Waals surface area contributed by atoms with Gasteiger partial charge in [-0.05, 0) is 54.9 Å². The van der Waals surface area contributed by atoms with Crippen molar-refractivity contribution in [3.8, 4) is 0 Å². The number of nitrogens with two attached hydrogens (primary N) is 1. The quantitative estimate of drug-likeness (QED) is 0.796. The van der Waals surface area contributed by atoms with Crippen LogP contribution in [0.25, 0.3) is 0 Å². The van der Waals surface area contributed by atoms with Crippen LogP contribution in [-0.4, -0.2) is 0 Å². The van der Waals surface area contributed by atoms with Gasteiger partial charge in [0.2, 0.25) is 0 Å². The fourth-order valence-electron chi connectivity index (χ4n) is 2.75. The molecule has 1 atom stereocenters. The highest BCUT2D eigenvalue weighted by Crippen LogP contribution is 2.32. The Kier molecular flexibility index (Phi) is 5.65. The molecule has 0 heterocycles.